The van der Waals surface area contributed by atoms with Crippen molar-refractivity contribution in [2.24, 2.45) is 5.92 Å². The molecule has 3 aromatic rings. The molecule has 0 saturated carbocycles. The molecule has 1 amide bonds. The standard InChI is InChI=1S/C31H38N2O4.ClH/c1-35-29-19-25-14-17-33(31(34)27(25)20-30(29)36-2)22-23-9-8-16-32(21-23)15-5-6-18-37-28-13-7-11-24-10-3-4-12-26(24)28;/h3-4,7,10-13,19-20,23H,5-6,8-9,14-18,21-22H2,1-2H3;1H. The second-order valence-electron chi connectivity index (χ2n) is 10.2. The molecule has 38 heavy (non-hydrogen) atoms. The molecule has 5 rings (SSSR count). The summed E-state index contributed by atoms with van der Waals surface area (Å²) in [5, 5.41) is 2.39. The van der Waals surface area contributed by atoms with E-state index >= 15 is 0 Å². The Hall–Kier alpha value is -2.96. The molecule has 2 aliphatic rings. The summed E-state index contributed by atoms with van der Waals surface area (Å²) < 4.78 is 17.0. The fraction of sp³-hybridized carbons (Fsp3) is 0.452. The first-order valence-electron chi connectivity index (χ1n) is 13.5. The highest BCUT2D eigenvalue weighted by Crippen LogP contribution is 2.34. The first-order chi connectivity index (χ1) is 18.2. The Morgan fingerprint density at radius 3 is 2.55 bits per heavy atom. The van der Waals surface area contributed by atoms with Crippen molar-refractivity contribution in [2.75, 3.05) is 53.6 Å². The lowest BCUT2D eigenvalue weighted by Gasteiger charge is -2.37. The molecule has 0 spiro atoms. The molecule has 0 aromatic heterocycles. The van der Waals surface area contributed by atoms with Gasteiger partial charge in [-0.1, -0.05) is 36.4 Å². The molecule has 6 nitrogen and oxygen atoms in total. The van der Waals surface area contributed by atoms with Crippen molar-refractivity contribution in [3.63, 3.8) is 0 Å². The maximum Gasteiger partial charge on any atom is 0.254 e. The number of benzene rings is 3. The zero-order valence-electron chi connectivity index (χ0n) is 22.5. The molecule has 1 atom stereocenters. The number of likely N-dealkylation sites (tertiary alicyclic amines) is 1. The van der Waals surface area contributed by atoms with Gasteiger partial charge in [0.25, 0.3) is 5.91 Å². The average Bonchev–Trinajstić information content (AvgIpc) is 2.94. The van der Waals surface area contributed by atoms with E-state index < -0.39 is 0 Å². The van der Waals surface area contributed by atoms with Crippen molar-refractivity contribution in [3.8, 4) is 17.2 Å². The summed E-state index contributed by atoms with van der Waals surface area (Å²) in [5.41, 5.74) is 1.80. The van der Waals surface area contributed by atoms with Gasteiger partial charge in [-0.05, 0) is 80.3 Å². The van der Waals surface area contributed by atoms with Crippen molar-refractivity contribution in [1.82, 2.24) is 9.80 Å². The normalized spacial score (nSPS) is 17.6. The number of halogens is 1. The SMILES string of the molecule is COc1cc2c(cc1OC)C(=O)N(CC1CCCN(CCCCOc3cccc4ccccc34)C1)CC2.Cl. The fourth-order valence-corrected chi connectivity index (χ4v) is 5.78. The largest absolute Gasteiger partial charge is 0.493 e. The average molecular weight is 539 g/mol. The Bertz CT molecular complexity index is 1230. The molecule has 0 N–H and O–H groups in total. The summed E-state index contributed by atoms with van der Waals surface area (Å²) in [6.07, 6.45) is 5.39. The zero-order valence-corrected chi connectivity index (χ0v) is 23.3. The Labute approximate surface area is 232 Å². The van der Waals surface area contributed by atoms with Crippen LogP contribution in [0.1, 0.15) is 41.6 Å². The third-order valence-electron chi connectivity index (χ3n) is 7.74. The molecule has 0 bridgehead atoms. The van der Waals surface area contributed by atoms with E-state index in [1.807, 2.05) is 17.0 Å². The van der Waals surface area contributed by atoms with Crippen LogP contribution < -0.4 is 14.2 Å². The van der Waals surface area contributed by atoms with Gasteiger partial charge in [-0.25, -0.2) is 0 Å². The number of carbonyl (C=O) groups excluding carboxylic acids is 1. The predicted octanol–water partition coefficient (Wildman–Crippen LogP) is 5.85. The van der Waals surface area contributed by atoms with Crippen LogP contribution in [0, 0.1) is 5.92 Å². The van der Waals surface area contributed by atoms with Gasteiger partial charge in [0.2, 0.25) is 0 Å². The molecule has 1 unspecified atom stereocenters. The zero-order chi connectivity index (χ0) is 25.6. The van der Waals surface area contributed by atoms with Crippen LogP contribution in [-0.4, -0.2) is 69.3 Å². The highest BCUT2D eigenvalue weighted by molar-refractivity contribution is 5.97. The molecule has 0 aliphatic carbocycles. The number of hydrogen-bond acceptors (Lipinski definition) is 5. The summed E-state index contributed by atoms with van der Waals surface area (Å²) in [5.74, 6) is 2.91. The van der Waals surface area contributed by atoms with Gasteiger partial charge in [0.05, 0.1) is 20.8 Å². The van der Waals surface area contributed by atoms with Crippen molar-refractivity contribution in [1.29, 1.82) is 0 Å². The van der Waals surface area contributed by atoms with E-state index in [4.69, 9.17) is 14.2 Å². The Morgan fingerprint density at radius 1 is 0.921 bits per heavy atom. The van der Waals surface area contributed by atoms with Gasteiger partial charge in [-0.15, -0.1) is 12.4 Å². The van der Waals surface area contributed by atoms with Crippen LogP contribution in [0.2, 0.25) is 0 Å². The molecule has 204 valence electrons. The van der Waals surface area contributed by atoms with Crippen LogP contribution in [0.5, 0.6) is 17.2 Å². The number of unbranched alkanes of at least 4 members (excludes halogenated alkanes) is 1. The van der Waals surface area contributed by atoms with Crippen LogP contribution in [0.4, 0.5) is 0 Å². The van der Waals surface area contributed by atoms with Gasteiger partial charge >= 0.3 is 0 Å². The first kappa shape index (κ1) is 28.1. The summed E-state index contributed by atoms with van der Waals surface area (Å²) in [6.45, 7) is 5.63. The number of ether oxygens (including phenoxy) is 3. The second kappa shape index (κ2) is 13.2. The minimum atomic E-state index is 0. The molecule has 2 aliphatic heterocycles. The van der Waals surface area contributed by atoms with Gasteiger partial charge in [0.1, 0.15) is 5.75 Å². The number of piperidine rings is 1. The van der Waals surface area contributed by atoms with Crippen molar-refractivity contribution in [3.05, 3.63) is 65.7 Å². The highest BCUT2D eigenvalue weighted by Gasteiger charge is 2.29. The number of carbonyl (C=O) groups is 1. The molecule has 1 fully saturated rings. The van der Waals surface area contributed by atoms with Gasteiger partial charge in [0, 0.05) is 30.6 Å². The van der Waals surface area contributed by atoms with E-state index in [2.05, 4.69) is 47.4 Å². The van der Waals surface area contributed by atoms with E-state index in [9.17, 15) is 4.79 Å². The van der Waals surface area contributed by atoms with Gasteiger partial charge in [-0.2, -0.15) is 0 Å². The number of rotatable bonds is 10. The maximum atomic E-state index is 13.3. The third kappa shape index (κ3) is 6.36. The monoisotopic (exact) mass is 538 g/mol. The van der Waals surface area contributed by atoms with Gasteiger partial charge < -0.3 is 24.0 Å². The molecular formula is C31H39ClN2O4. The van der Waals surface area contributed by atoms with Crippen LogP contribution in [-0.2, 0) is 6.42 Å². The predicted molar refractivity (Wildman–Crippen MR) is 154 cm³/mol. The summed E-state index contributed by atoms with van der Waals surface area (Å²) >= 11 is 0. The minimum absolute atomic E-state index is 0. The van der Waals surface area contributed by atoms with Crippen molar-refractivity contribution in [2.45, 2.75) is 32.1 Å². The van der Waals surface area contributed by atoms with Crippen LogP contribution in [0.15, 0.2) is 54.6 Å². The lowest BCUT2D eigenvalue weighted by atomic mass is 9.94. The molecule has 7 heteroatoms. The molecule has 0 radical (unpaired) electrons. The Kier molecular flexibility index (Phi) is 9.75. The topological polar surface area (TPSA) is 51.2 Å². The smallest absolute Gasteiger partial charge is 0.254 e. The molecule has 2 heterocycles. The Morgan fingerprint density at radius 2 is 1.71 bits per heavy atom. The number of hydrogen-bond donors (Lipinski definition) is 0. The number of nitrogens with zero attached hydrogens (tertiary/aromatic N) is 2. The molecule has 3 aromatic carbocycles. The third-order valence-corrected chi connectivity index (χ3v) is 7.74. The summed E-state index contributed by atoms with van der Waals surface area (Å²) in [7, 11) is 3.25. The fourth-order valence-electron chi connectivity index (χ4n) is 5.78. The number of fused-ring (bicyclic) bond motifs is 2. The van der Waals surface area contributed by atoms with Crippen molar-refractivity contribution >= 4 is 29.1 Å². The van der Waals surface area contributed by atoms with E-state index in [-0.39, 0.29) is 18.3 Å². The second-order valence-corrected chi connectivity index (χ2v) is 10.2. The first-order valence-corrected chi connectivity index (χ1v) is 13.5. The summed E-state index contributed by atoms with van der Waals surface area (Å²) in [4.78, 5) is 17.9. The molecule has 1 saturated heterocycles. The lowest BCUT2D eigenvalue weighted by molar-refractivity contribution is 0.0659. The summed E-state index contributed by atoms with van der Waals surface area (Å²) in [6, 6.07) is 18.4. The van der Waals surface area contributed by atoms with Gasteiger partial charge in [-0.3, -0.25) is 4.79 Å². The minimum Gasteiger partial charge on any atom is -0.493 e. The van der Waals surface area contributed by atoms with Gasteiger partial charge in [0.15, 0.2) is 11.5 Å². The van der Waals surface area contributed by atoms with E-state index in [0.29, 0.717) is 17.4 Å². The van der Waals surface area contributed by atoms with E-state index in [1.165, 1.54) is 23.6 Å². The number of methoxy groups -OCH3 is 2. The van der Waals surface area contributed by atoms with Crippen LogP contribution >= 0.6 is 12.4 Å². The Balaban J connectivity index is 0.00000336. The quantitative estimate of drug-likeness (QED) is 0.303. The number of amides is 1. The van der Waals surface area contributed by atoms with Crippen molar-refractivity contribution < 1.29 is 19.0 Å². The van der Waals surface area contributed by atoms with Crippen LogP contribution in [0.25, 0.3) is 10.8 Å². The maximum absolute atomic E-state index is 13.3. The van der Waals surface area contributed by atoms with Crippen LogP contribution in [0.3, 0.4) is 0 Å². The van der Waals surface area contributed by atoms with E-state index in [0.717, 1.165) is 75.5 Å². The molecular weight excluding hydrogens is 500 g/mol. The highest BCUT2D eigenvalue weighted by atomic mass is 35.5. The lowest BCUT2D eigenvalue weighted by Crippen LogP contribution is -2.45. The van der Waals surface area contributed by atoms with E-state index in [1.54, 1.807) is 14.2 Å².